The summed E-state index contributed by atoms with van der Waals surface area (Å²) < 4.78 is 5.34. The van der Waals surface area contributed by atoms with Crippen LogP contribution in [0.15, 0.2) is 6.20 Å². The number of anilines is 1. The Labute approximate surface area is 94.6 Å². The molecule has 0 radical (unpaired) electrons. The molecule has 2 N–H and O–H groups in total. The maximum absolute atomic E-state index is 5.75. The highest BCUT2D eigenvalue weighted by molar-refractivity contribution is 5.36. The molecule has 0 bridgehead atoms. The summed E-state index contributed by atoms with van der Waals surface area (Å²) in [5.74, 6) is 0.817. The maximum Gasteiger partial charge on any atom is 0.225 e. The van der Waals surface area contributed by atoms with E-state index < -0.39 is 0 Å². The Morgan fingerprint density at radius 1 is 1.50 bits per heavy atom. The summed E-state index contributed by atoms with van der Waals surface area (Å²) in [5.41, 5.74) is 7.91. The van der Waals surface area contributed by atoms with Crippen molar-refractivity contribution in [2.24, 2.45) is 5.73 Å². The highest BCUT2D eigenvalue weighted by Gasteiger charge is 2.26. The van der Waals surface area contributed by atoms with E-state index in [0.717, 1.165) is 30.2 Å². The fraction of sp³-hybridized carbons (Fsp3) is 0.636. The zero-order chi connectivity index (χ0) is 11.0. The molecule has 0 spiro atoms. The van der Waals surface area contributed by atoms with Gasteiger partial charge in [0.1, 0.15) is 0 Å². The maximum atomic E-state index is 5.75. The van der Waals surface area contributed by atoms with E-state index in [1.165, 1.54) is 6.42 Å². The van der Waals surface area contributed by atoms with Crippen LogP contribution in [0.3, 0.4) is 0 Å². The summed E-state index contributed by atoms with van der Waals surface area (Å²) >= 11 is 0. The van der Waals surface area contributed by atoms with Crippen molar-refractivity contribution >= 4 is 5.95 Å². The van der Waals surface area contributed by atoms with E-state index in [-0.39, 0.29) is 0 Å². The Balaban J connectivity index is 1.89. The largest absolute Gasteiger partial charge is 0.370 e. The average Bonchev–Trinajstić information content (AvgIpc) is 2.96. The summed E-state index contributed by atoms with van der Waals surface area (Å²) in [6.45, 7) is 2.96. The lowest BCUT2D eigenvalue weighted by Gasteiger charge is -2.23. The molecule has 2 aliphatic heterocycles. The number of nitrogens with zero attached hydrogens (tertiary/aromatic N) is 3. The number of rotatable bonds is 2. The molecule has 1 aromatic heterocycles. The molecule has 1 atom stereocenters. The molecule has 5 nitrogen and oxygen atoms in total. The summed E-state index contributed by atoms with van der Waals surface area (Å²) in [5, 5.41) is 0. The SMILES string of the molecule is NCC1CCCN1c1ncc2c(n1)COC2. The zero-order valence-corrected chi connectivity index (χ0v) is 9.22. The minimum absolute atomic E-state index is 0.403. The van der Waals surface area contributed by atoms with Gasteiger partial charge in [-0.1, -0.05) is 0 Å². The smallest absolute Gasteiger partial charge is 0.225 e. The Morgan fingerprint density at radius 2 is 2.44 bits per heavy atom. The topological polar surface area (TPSA) is 64.3 Å². The lowest BCUT2D eigenvalue weighted by Crippen LogP contribution is -2.36. The number of fused-ring (bicyclic) bond motifs is 1. The predicted molar refractivity (Wildman–Crippen MR) is 59.9 cm³/mol. The van der Waals surface area contributed by atoms with Crippen LogP contribution >= 0.6 is 0 Å². The monoisotopic (exact) mass is 220 g/mol. The van der Waals surface area contributed by atoms with E-state index in [0.29, 0.717) is 25.8 Å². The highest BCUT2D eigenvalue weighted by atomic mass is 16.5. The zero-order valence-electron chi connectivity index (χ0n) is 9.22. The molecule has 16 heavy (non-hydrogen) atoms. The summed E-state index contributed by atoms with van der Waals surface area (Å²) in [6, 6.07) is 0.403. The quantitative estimate of drug-likeness (QED) is 0.783. The van der Waals surface area contributed by atoms with Crippen molar-refractivity contribution in [3.8, 4) is 0 Å². The lowest BCUT2D eigenvalue weighted by atomic mass is 10.2. The summed E-state index contributed by atoms with van der Waals surface area (Å²) in [6.07, 6.45) is 4.21. The van der Waals surface area contributed by atoms with Crippen LogP contribution in [0.25, 0.3) is 0 Å². The van der Waals surface area contributed by atoms with Gasteiger partial charge in [-0.15, -0.1) is 0 Å². The normalized spacial score (nSPS) is 23.8. The predicted octanol–water partition coefficient (Wildman–Crippen LogP) is 0.434. The molecule has 1 aromatic rings. The second kappa shape index (κ2) is 3.99. The van der Waals surface area contributed by atoms with Crippen LogP contribution in [0.5, 0.6) is 0 Å². The van der Waals surface area contributed by atoms with Gasteiger partial charge in [-0.25, -0.2) is 9.97 Å². The first-order chi connectivity index (χ1) is 7.88. The van der Waals surface area contributed by atoms with E-state index in [4.69, 9.17) is 10.5 Å². The molecule has 3 heterocycles. The summed E-state index contributed by atoms with van der Waals surface area (Å²) in [4.78, 5) is 11.2. The first-order valence-corrected chi connectivity index (χ1v) is 5.77. The van der Waals surface area contributed by atoms with Crippen molar-refractivity contribution in [3.05, 3.63) is 17.5 Å². The fourth-order valence-corrected chi connectivity index (χ4v) is 2.42. The van der Waals surface area contributed by atoms with E-state index in [9.17, 15) is 0 Å². The van der Waals surface area contributed by atoms with Crippen molar-refractivity contribution in [1.29, 1.82) is 0 Å². The lowest BCUT2D eigenvalue weighted by molar-refractivity contribution is 0.133. The third kappa shape index (κ3) is 1.56. The van der Waals surface area contributed by atoms with E-state index in [2.05, 4.69) is 14.9 Å². The van der Waals surface area contributed by atoms with Gasteiger partial charge in [-0.3, -0.25) is 0 Å². The van der Waals surface area contributed by atoms with Crippen LogP contribution in [-0.4, -0.2) is 29.1 Å². The first kappa shape index (κ1) is 9.99. The molecule has 0 amide bonds. The molecule has 1 fully saturated rings. The van der Waals surface area contributed by atoms with Crippen molar-refractivity contribution in [2.45, 2.75) is 32.1 Å². The highest BCUT2D eigenvalue weighted by Crippen LogP contribution is 2.24. The molecule has 1 saturated heterocycles. The average molecular weight is 220 g/mol. The summed E-state index contributed by atoms with van der Waals surface area (Å²) in [7, 11) is 0. The van der Waals surface area contributed by atoms with Crippen LogP contribution < -0.4 is 10.6 Å². The van der Waals surface area contributed by atoms with Crippen LogP contribution in [-0.2, 0) is 18.0 Å². The molecule has 0 saturated carbocycles. The standard InChI is InChI=1S/C11H16N4O/c12-4-9-2-1-3-15(9)11-13-5-8-6-16-7-10(8)14-11/h5,9H,1-4,6-7,12H2. The minimum atomic E-state index is 0.403. The van der Waals surface area contributed by atoms with Gasteiger partial charge in [0.05, 0.1) is 18.9 Å². The van der Waals surface area contributed by atoms with Crippen molar-refractivity contribution < 1.29 is 4.74 Å². The van der Waals surface area contributed by atoms with E-state index >= 15 is 0 Å². The number of aromatic nitrogens is 2. The molecule has 0 aliphatic carbocycles. The Morgan fingerprint density at radius 3 is 3.31 bits per heavy atom. The van der Waals surface area contributed by atoms with Crippen molar-refractivity contribution in [3.63, 3.8) is 0 Å². The first-order valence-electron chi connectivity index (χ1n) is 5.77. The number of hydrogen-bond acceptors (Lipinski definition) is 5. The van der Waals surface area contributed by atoms with E-state index in [1.807, 2.05) is 6.20 Å². The number of ether oxygens (including phenoxy) is 1. The second-order valence-electron chi connectivity index (χ2n) is 4.36. The molecular formula is C11H16N4O. The number of hydrogen-bond donors (Lipinski definition) is 1. The molecule has 1 unspecified atom stereocenters. The van der Waals surface area contributed by atoms with E-state index in [1.54, 1.807) is 0 Å². The van der Waals surface area contributed by atoms with Crippen LogP contribution in [0.4, 0.5) is 5.95 Å². The molecule has 5 heteroatoms. The molecule has 2 aliphatic rings. The molecule has 0 aromatic carbocycles. The Kier molecular flexibility index (Phi) is 2.49. The van der Waals surface area contributed by atoms with Gasteiger partial charge in [0.15, 0.2) is 0 Å². The van der Waals surface area contributed by atoms with Crippen molar-refractivity contribution in [2.75, 3.05) is 18.0 Å². The molecule has 86 valence electrons. The molecular weight excluding hydrogens is 204 g/mol. The Bertz CT molecular complexity index is 396. The molecule has 3 rings (SSSR count). The Hall–Kier alpha value is -1.20. The third-order valence-electron chi connectivity index (χ3n) is 3.34. The second-order valence-corrected chi connectivity index (χ2v) is 4.36. The van der Waals surface area contributed by atoms with Gasteiger partial charge in [-0.05, 0) is 12.8 Å². The van der Waals surface area contributed by atoms with Crippen LogP contribution in [0.2, 0.25) is 0 Å². The fourth-order valence-electron chi connectivity index (χ4n) is 2.42. The van der Waals surface area contributed by atoms with Gasteiger partial charge in [0.2, 0.25) is 5.95 Å². The van der Waals surface area contributed by atoms with Gasteiger partial charge in [-0.2, -0.15) is 0 Å². The van der Waals surface area contributed by atoms with Gasteiger partial charge in [0.25, 0.3) is 0 Å². The van der Waals surface area contributed by atoms with Gasteiger partial charge >= 0.3 is 0 Å². The van der Waals surface area contributed by atoms with Gasteiger partial charge < -0.3 is 15.4 Å². The van der Waals surface area contributed by atoms with Crippen molar-refractivity contribution in [1.82, 2.24) is 9.97 Å². The van der Waals surface area contributed by atoms with Gasteiger partial charge in [0, 0.05) is 30.9 Å². The third-order valence-corrected chi connectivity index (χ3v) is 3.34. The minimum Gasteiger partial charge on any atom is -0.370 e. The van der Waals surface area contributed by atoms with Crippen LogP contribution in [0, 0.1) is 0 Å². The number of nitrogens with two attached hydrogens (primary N) is 1. The van der Waals surface area contributed by atoms with Crippen LogP contribution in [0.1, 0.15) is 24.1 Å².